The molecule has 6 heteroatoms. The van der Waals surface area contributed by atoms with Crippen LogP contribution in [0.4, 0.5) is 0 Å². The number of nitrogens with zero attached hydrogens (tertiary/aromatic N) is 2. The molecule has 1 aromatic rings. The molecule has 0 spiro atoms. The highest BCUT2D eigenvalue weighted by atomic mass is 127. The first-order valence-electron chi connectivity index (χ1n) is 7.39. The fourth-order valence-corrected chi connectivity index (χ4v) is 2.71. The lowest BCUT2D eigenvalue weighted by atomic mass is 9.85. The number of aliphatic imine (C=N–C) groups is 1. The molecule has 5 nitrogen and oxygen atoms in total. The maximum Gasteiger partial charge on any atom is 0.191 e. The van der Waals surface area contributed by atoms with Crippen molar-refractivity contribution in [1.29, 1.82) is 0 Å². The summed E-state index contributed by atoms with van der Waals surface area (Å²) >= 11 is 0. The summed E-state index contributed by atoms with van der Waals surface area (Å²) in [7, 11) is 3.76. The smallest absolute Gasteiger partial charge is 0.191 e. The number of aryl methyl sites for hydroxylation is 1. The Morgan fingerprint density at radius 3 is 2.62 bits per heavy atom. The minimum atomic E-state index is -0.567. The Hall–Kier alpha value is -0.760. The van der Waals surface area contributed by atoms with E-state index in [0.29, 0.717) is 6.54 Å². The average Bonchev–Trinajstić information content (AvgIpc) is 2.85. The molecule has 120 valence electrons. The molecule has 1 saturated carbocycles. The van der Waals surface area contributed by atoms with Crippen molar-refractivity contribution in [3.8, 4) is 0 Å². The predicted molar refractivity (Wildman–Crippen MR) is 97.1 cm³/mol. The van der Waals surface area contributed by atoms with Crippen molar-refractivity contribution < 1.29 is 5.11 Å². The topological polar surface area (TPSA) is 61.6 Å². The zero-order chi connectivity index (χ0) is 14.4. The Morgan fingerprint density at radius 1 is 1.33 bits per heavy atom. The number of halogens is 1. The van der Waals surface area contributed by atoms with Gasteiger partial charge in [-0.1, -0.05) is 19.3 Å². The molecule has 1 fully saturated rings. The second-order valence-electron chi connectivity index (χ2n) is 5.75. The average molecular weight is 406 g/mol. The van der Waals surface area contributed by atoms with E-state index in [0.717, 1.165) is 38.2 Å². The van der Waals surface area contributed by atoms with Crippen molar-refractivity contribution in [3.63, 3.8) is 0 Å². The predicted octanol–water partition coefficient (Wildman–Crippen LogP) is 2.00. The Balaban J connectivity index is 0.00000220. The summed E-state index contributed by atoms with van der Waals surface area (Å²) in [6.07, 6.45) is 9.35. The summed E-state index contributed by atoms with van der Waals surface area (Å²) in [4.78, 5) is 4.20. The molecule has 0 bridgehead atoms. The minimum Gasteiger partial charge on any atom is -0.388 e. The summed E-state index contributed by atoms with van der Waals surface area (Å²) in [5, 5.41) is 17.0. The lowest BCUT2D eigenvalue weighted by Crippen LogP contribution is -2.47. The van der Waals surface area contributed by atoms with Crippen molar-refractivity contribution in [2.75, 3.05) is 13.6 Å². The van der Waals surface area contributed by atoms with Crippen LogP contribution in [0.2, 0.25) is 0 Å². The Kier molecular flexibility index (Phi) is 7.51. The third kappa shape index (κ3) is 5.86. The van der Waals surface area contributed by atoms with E-state index in [1.54, 1.807) is 7.05 Å². The van der Waals surface area contributed by atoms with Crippen molar-refractivity contribution in [1.82, 2.24) is 15.2 Å². The molecule has 0 aliphatic heterocycles. The van der Waals surface area contributed by atoms with Gasteiger partial charge in [-0.15, -0.1) is 24.0 Å². The minimum absolute atomic E-state index is 0. The molecule has 1 heterocycles. The standard InChI is InChI=1S/C15H26N4O.HI/c1-16-14(17-10-13-6-9-19(2)11-13)18-12-15(20)7-4-3-5-8-15;/h6,9,11,20H,3-5,7-8,10,12H2,1-2H3,(H2,16,17,18);1H. The van der Waals surface area contributed by atoms with Crippen molar-refractivity contribution >= 4 is 29.9 Å². The van der Waals surface area contributed by atoms with Gasteiger partial charge in [0.1, 0.15) is 0 Å². The van der Waals surface area contributed by atoms with Crippen LogP contribution >= 0.6 is 24.0 Å². The van der Waals surface area contributed by atoms with Gasteiger partial charge >= 0.3 is 0 Å². The Bertz CT molecular complexity index is 452. The zero-order valence-electron chi connectivity index (χ0n) is 12.9. The third-order valence-electron chi connectivity index (χ3n) is 3.95. The maximum absolute atomic E-state index is 10.5. The largest absolute Gasteiger partial charge is 0.388 e. The van der Waals surface area contributed by atoms with E-state index >= 15 is 0 Å². The maximum atomic E-state index is 10.5. The number of hydrogen-bond donors (Lipinski definition) is 3. The van der Waals surface area contributed by atoms with Gasteiger partial charge in [0.2, 0.25) is 0 Å². The van der Waals surface area contributed by atoms with Crippen LogP contribution < -0.4 is 10.6 Å². The van der Waals surface area contributed by atoms with E-state index in [9.17, 15) is 5.11 Å². The molecule has 0 radical (unpaired) electrons. The van der Waals surface area contributed by atoms with Crippen LogP contribution in [0, 0.1) is 0 Å². The van der Waals surface area contributed by atoms with Gasteiger partial charge in [0.15, 0.2) is 5.96 Å². The van der Waals surface area contributed by atoms with E-state index in [4.69, 9.17) is 0 Å². The molecule has 0 atom stereocenters. The Labute approximate surface area is 144 Å². The van der Waals surface area contributed by atoms with Gasteiger partial charge < -0.3 is 20.3 Å². The highest BCUT2D eigenvalue weighted by Gasteiger charge is 2.29. The van der Waals surface area contributed by atoms with Crippen LogP contribution in [-0.2, 0) is 13.6 Å². The van der Waals surface area contributed by atoms with Crippen LogP contribution in [0.1, 0.15) is 37.7 Å². The molecule has 0 unspecified atom stereocenters. The van der Waals surface area contributed by atoms with Crippen LogP contribution in [-0.4, -0.2) is 34.8 Å². The normalized spacial score (nSPS) is 18.0. The van der Waals surface area contributed by atoms with Crippen LogP contribution in [0.25, 0.3) is 0 Å². The molecule has 1 aliphatic carbocycles. The van der Waals surface area contributed by atoms with Gasteiger partial charge in [0.25, 0.3) is 0 Å². The summed E-state index contributed by atoms with van der Waals surface area (Å²) in [6, 6.07) is 2.08. The number of rotatable bonds is 4. The quantitative estimate of drug-likeness (QED) is 0.407. The van der Waals surface area contributed by atoms with Gasteiger partial charge in [-0.05, 0) is 24.5 Å². The number of nitrogens with one attached hydrogen (secondary N) is 2. The van der Waals surface area contributed by atoms with Gasteiger partial charge in [-0.25, -0.2) is 0 Å². The van der Waals surface area contributed by atoms with E-state index in [1.807, 2.05) is 17.8 Å². The third-order valence-corrected chi connectivity index (χ3v) is 3.95. The van der Waals surface area contributed by atoms with E-state index in [1.165, 1.54) is 12.0 Å². The van der Waals surface area contributed by atoms with Gasteiger partial charge in [0.05, 0.1) is 5.60 Å². The van der Waals surface area contributed by atoms with Gasteiger partial charge in [-0.3, -0.25) is 4.99 Å². The Morgan fingerprint density at radius 2 is 2.05 bits per heavy atom. The van der Waals surface area contributed by atoms with Crippen molar-refractivity contribution in [2.45, 2.75) is 44.2 Å². The van der Waals surface area contributed by atoms with Crippen LogP contribution in [0.3, 0.4) is 0 Å². The van der Waals surface area contributed by atoms with Crippen molar-refractivity contribution in [3.05, 3.63) is 24.0 Å². The fourth-order valence-electron chi connectivity index (χ4n) is 2.71. The second-order valence-corrected chi connectivity index (χ2v) is 5.75. The summed E-state index contributed by atoms with van der Waals surface area (Å²) in [5.74, 6) is 0.743. The van der Waals surface area contributed by atoms with E-state index in [2.05, 4.69) is 27.9 Å². The SMILES string of the molecule is CN=C(NCc1ccn(C)c1)NCC1(O)CCCCC1.I. The number of aromatic nitrogens is 1. The molecular formula is C15H27IN4O. The number of hydrogen-bond acceptors (Lipinski definition) is 2. The van der Waals surface area contributed by atoms with Gasteiger partial charge in [0, 0.05) is 39.6 Å². The first-order valence-corrected chi connectivity index (χ1v) is 7.39. The molecule has 2 rings (SSSR count). The molecule has 0 saturated heterocycles. The first-order chi connectivity index (χ1) is 9.61. The zero-order valence-corrected chi connectivity index (χ0v) is 15.3. The number of aliphatic hydroxyl groups is 1. The van der Waals surface area contributed by atoms with Crippen LogP contribution in [0.5, 0.6) is 0 Å². The molecule has 0 aromatic carbocycles. The van der Waals surface area contributed by atoms with Crippen molar-refractivity contribution in [2.24, 2.45) is 12.0 Å². The molecule has 1 aromatic heterocycles. The molecular weight excluding hydrogens is 379 g/mol. The van der Waals surface area contributed by atoms with E-state index < -0.39 is 5.60 Å². The monoisotopic (exact) mass is 406 g/mol. The number of guanidine groups is 1. The van der Waals surface area contributed by atoms with Gasteiger partial charge in [-0.2, -0.15) is 0 Å². The molecule has 0 amide bonds. The van der Waals surface area contributed by atoms with Crippen LogP contribution in [0.15, 0.2) is 23.5 Å². The summed E-state index contributed by atoms with van der Waals surface area (Å²) < 4.78 is 2.03. The highest BCUT2D eigenvalue weighted by Crippen LogP contribution is 2.27. The first kappa shape index (κ1) is 18.3. The molecule has 3 N–H and O–H groups in total. The molecule has 21 heavy (non-hydrogen) atoms. The highest BCUT2D eigenvalue weighted by molar-refractivity contribution is 14.0. The lowest BCUT2D eigenvalue weighted by molar-refractivity contribution is 0.00859. The van der Waals surface area contributed by atoms with E-state index in [-0.39, 0.29) is 24.0 Å². The second kappa shape index (κ2) is 8.63. The summed E-state index contributed by atoms with van der Waals surface area (Å²) in [6.45, 7) is 1.31. The molecule has 1 aliphatic rings. The lowest BCUT2D eigenvalue weighted by Gasteiger charge is -2.32. The fraction of sp³-hybridized carbons (Fsp3) is 0.667. The summed E-state index contributed by atoms with van der Waals surface area (Å²) in [5.41, 5.74) is 0.648.